The Morgan fingerprint density at radius 1 is 1.67 bits per heavy atom. The Morgan fingerprint density at radius 3 is 2.42 bits per heavy atom. The summed E-state index contributed by atoms with van der Waals surface area (Å²) >= 11 is 0. The van der Waals surface area contributed by atoms with Gasteiger partial charge in [-0.25, -0.2) is 0 Å². The lowest BCUT2D eigenvalue weighted by atomic mass is 10.1. The minimum Gasteiger partial charge on any atom is -0.393 e. The molecule has 0 aromatic heterocycles. The van der Waals surface area contributed by atoms with E-state index in [0.29, 0.717) is 0 Å². The van der Waals surface area contributed by atoms with Crippen LogP contribution in [0.25, 0.3) is 0 Å². The van der Waals surface area contributed by atoms with Crippen LogP contribution in [0.4, 0.5) is 0 Å². The summed E-state index contributed by atoms with van der Waals surface area (Å²) in [5.74, 6) is 0.284. The monoisotopic (exact) mass is 170 g/mol. The maximum absolute atomic E-state index is 10.4. The van der Waals surface area contributed by atoms with Crippen LogP contribution in [0.5, 0.6) is 0 Å². The quantitative estimate of drug-likeness (QED) is 0.654. The van der Waals surface area contributed by atoms with Gasteiger partial charge in [0.25, 0.3) is 0 Å². The molecule has 2 nitrogen and oxygen atoms in total. The average molecular weight is 170 g/mol. The highest BCUT2D eigenvalue weighted by molar-refractivity contribution is 5.90. The molecule has 1 N–H and O–H groups in total. The third-order valence-electron chi connectivity index (χ3n) is 1.69. The second-order valence-corrected chi connectivity index (χ2v) is 3.02. The van der Waals surface area contributed by atoms with Gasteiger partial charge in [-0.05, 0) is 32.3 Å². The number of allylic oxidation sites excluding steroid dienone is 2. The second kappa shape index (κ2) is 7.04. The normalized spacial score (nSPS) is 18.1. The summed E-state index contributed by atoms with van der Waals surface area (Å²) in [6, 6.07) is 0. The molecule has 0 saturated carbocycles. The maximum atomic E-state index is 10.4. The molecule has 2 heteroatoms. The molecule has 1 rings (SSSR count). The molecule has 1 aliphatic rings. The summed E-state index contributed by atoms with van der Waals surface area (Å²) < 4.78 is 0. The Bertz CT molecular complexity index is 148. The summed E-state index contributed by atoms with van der Waals surface area (Å²) in [6.45, 7) is 3.73. The van der Waals surface area contributed by atoms with Crippen LogP contribution < -0.4 is 0 Å². The van der Waals surface area contributed by atoms with E-state index in [1.807, 2.05) is 13.0 Å². The van der Waals surface area contributed by atoms with Gasteiger partial charge in [0.2, 0.25) is 0 Å². The first-order valence-electron chi connectivity index (χ1n) is 4.54. The zero-order chi connectivity index (χ0) is 9.40. The molecule has 0 radical (unpaired) electrons. The van der Waals surface area contributed by atoms with Gasteiger partial charge < -0.3 is 5.11 Å². The van der Waals surface area contributed by atoms with Crippen LogP contribution in [0.2, 0.25) is 0 Å². The Labute approximate surface area is 74.3 Å². The fraction of sp³-hybridized carbons (Fsp3) is 0.700. The molecule has 70 valence electrons. The van der Waals surface area contributed by atoms with Crippen LogP contribution >= 0.6 is 0 Å². The lowest BCUT2D eigenvalue weighted by Gasteiger charge is -1.97. The van der Waals surface area contributed by atoms with Crippen molar-refractivity contribution in [3.63, 3.8) is 0 Å². The number of ketones is 1. The third-order valence-corrected chi connectivity index (χ3v) is 1.69. The molecule has 0 amide bonds. The zero-order valence-electron chi connectivity index (χ0n) is 7.92. The molecule has 0 saturated heterocycles. The van der Waals surface area contributed by atoms with E-state index in [0.717, 1.165) is 25.7 Å². The first-order valence-corrected chi connectivity index (χ1v) is 4.54. The number of carbonyl (C=O) groups excluding carboxylic acids is 1. The molecule has 1 aliphatic carbocycles. The molecule has 0 aromatic rings. The number of hydrogen-bond acceptors (Lipinski definition) is 2. The van der Waals surface area contributed by atoms with Crippen molar-refractivity contribution >= 4 is 5.78 Å². The van der Waals surface area contributed by atoms with Crippen LogP contribution in [0, 0.1) is 0 Å². The number of hydrogen-bond donors (Lipinski definition) is 1. The van der Waals surface area contributed by atoms with E-state index in [4.69, 9.17) is 5.11 Å². The van der Waals surface area contributed by atoms with E-state index in [-0.39, 0.29) is 11.9 Å². The van der Waals surface area contributed by atoms with Crippen molar-refractivity contribution in [2.45, 2.75) is 45.6 Å². The fourth-order valence-electron chi connectivity index (χ4n) is 0.692. The van der Waals surface area contributed by atoms with Crippen LogP contribution in [0.15, 0.2) is 12.2 Å². The second-order valence-electron chi connectivity index (χ2n) is 3.02. The van der Waals surface area contributed by atoms with Gasteiger partial charge in [0.05, 0.1) is 6.10 Å². The topological polar surface area (TPSA) is 37.3 Å². The molecule has 12 heavy (non-hydrogen) atoms. The Balaban J connectivity index is 0.000000217. The highest BCUT2D eigenvalue weighted by Gasteiger charge is 1.98. The van der Waals surface area contributed by atoms with Gasteiger partial charge in [-0.2, -0.15) is 0 Å². The number of aliphatic hydroxyl groups excluding tert-OH is 1. The van der Waals surface area contributed by atoms with Crippen molar-refractivity contribution in [2.24, 2.45) is 0 Å². The number of rotatable bonds is 1. The molecular formula is C10H18O2. The predicted octanol–water partition coefficient (Wildman–Crippen LogP) is 2.07. The average Bonchev–Trinajstić information content (AvgIpc) is 2.07. The van der Waals surface area contributed by atoms with Crippen molar-refractivity contribution in [2.75, 3.05) is 0 Å². The van der Waals surface area contributed by atoms with Gasteiger partial charge in [0.1, 0.15) is 0 Å². The minimum atomic E-state index is -0.116. The third kappa shape index (κ3) is 7.48. The highest BCUT2D eigenvalue weighted by Crippen LogP contribution is 2.04. The molecule has 0 bridgehead atoms. The molecule has 1 atom stereocenters. The molecule has 0 heterocycles. The highest BCUT2D eigenvalue weighted by atomic mass is 16.3. The largest absolute Gasteiger partial charge is 0.393 e. The predicted molar refractivity (Wildman–Crippen MR) is 50.0 cm³/mol. The van der Waals surface area contributed by atoms with Crippen molar-refractivity contribution < 1.29 is 9.90 Å². The van der Waals surface area contributed by atoms with E-state index in [9.17, 15) is 4.79 Å². The zero-order valence-corrected chi connectivity index (χ0v) is 7.92. The summed E-state index contributed by atoms with van der Waals surface area (Å²) in [5.41, 5.74) is 0. The van der Waals surface area contributed by atoms with E-state index < -0.39 is 0 Å². The van der Waals surface area contributed by atoms with Crippen molar-refractivity contribution in [3.05, 3.63) is 12.2 Å². The SMILES string of the molecule is CCC(C)O.O=C1C=CCCC1. The minimum absolute atomic E-state index is 0.116. The van der Waals surface area contributed by atoms with Gasteiger partial charge in [-0.1, -0.05) is 13.0 Å². The van der Waals surface area contributed by atoms with E-state index in [2.05, 4.69) is 0 Å². The Hall–Kier alpha value is -0.630. The summed E-state index contributed by atoms with van der Waals surface area (Å²) in [4.78, 5) is 10.4. The standard InChI is InChI=1S/C6H8O.C4H10O/c7-6-4-2-1-3-5-6;1-3-4(2)5/h2,4H,1,3,5H2;4-5H,3H2,1-2H3. The molecule has 0 aromatic carbocycles. The fourth-order valence-corrected chi connectivity index (χ4v) is 0.692. The number of aliphatic hydroxyl groups is 1. The molecular weight excluding hydrogens is 152 g/mol. The van der Waals surface area contributed by atoms with Crippen LogP contribution in [0.1, 0.15) is 39.5 Å². The van der Waals surface area contributed by atoms with Gasteiger partial charge in [0.15, 0.2) is 5.78 Å². The molecule has 0 spiro atoms. The lowest BCUT2D eigenvalue weighted by molar-refractivity contribution is -0.114. The summed E-state index contributed by atoms with van der Waals surface area (Å²) in [6.07, 6.45) is 7.25. The van der Waals surface area contributed by atoms with Gasteiger partial charge in [0, 0.05) is 6.42 Å². The van der Waals surface area contributed by atoms with Crippen molar-refractivity contribution in [1.82, 2.24) is 0 Å². The van der Waals surface area contributed by atoms with Crippen LogP contribution in [-0.4, -0.2) is 17.0 Å². The van der Waals surface area contributed by atoms with Crippen LogP contribution in [0.3, 0.4) is 0 Å². The molecule has 0 fully saturated rings. The van der Waals surface area contributed by atoms with Crippen molar-refractivity contribution in [3.8, 4) is 0 Å². The van der Waals surface area contributed by atoms with Crippen molar-refractivity contribution in [1.29, 1.82) is 0 Å². The van der Waals surface area contributed by atoms with E-state index in [1.165, 1.54) is 0 Å². The number of carbonyl (C=O) groups is 1. The molecule has 1 unspecified atom stereocenters. The van der Waals surface area contributed by atoms with Gasteiger partial charge in [-0.15, -0.1) is 0 Å². The van der Waals surface area contributed by atoms with Crippen LogP contribution in [-0.2, 0) is 4.79 Å². The maximum Gasteiger partial charge on any atom is 0.155 e. The van der Waals surface area contributed by atoms with Gasteiger partial charge in [-0.3, -0.25) is 4.79 Å². The lowest BCUT2D eigenvalue weighted by Crippen LogP contribution is -1.95. The molecule has 0 aliphatic heterocycles. The first kappa shape index (κ1) is 11.4. The first-order chi connectivity index (χ1) is 5.66. The van der Waals surface area contributed by atoms with E-state index in [1.54, 1.807) is 13.0 Å². The smallest absolute Gasteiger partial charge is 0.155 e. The van der Waals surface area contributed by atoms with E-state index >= 15 is 0 Å². The Kier molecular flexibility index (Phi) is 6.67. The van der Waals surface area contributed by atoms with Gasteiger partial charge >= 0.3 is 0 Å². The Morgan fingerprint density at radius 2 is 2.25 bits per heavy atom. The summed E-state index contributed by atoms with van der Waals surface area (Å²) in [5, 5.41) is 8.36. The summed E-state index contributed by atoms with van der Waals surface area (Å²) in [7, 11) is 0.